The van der Waals surface area contributed by atoms with Gasteiger partial charge in [-0.3, -0.25) is 0 Å². The second-order valence-corrected chi connectivity index (χ2v) is 3.43. The third-order valence-electron chi connectivity index (χ3n) is 1.29. The lowest BCUT2D eigenvalue weighted by Crippen LogP contribution is -2.38. The molecule has 0 amide bonds. The van der Waals surface area contributed by atoms with Crippen LogP contribution in [0.5, 0.6) is 0 Å². The van der Waals surface area contributed by atoms with E-state index in [2.05, 4.69) is 30.2 Å². The Morgan fingerprint density at radius 2 is 2.33 bits per heavy atom. The highest BCUT2D eigenvalue weighted by Gasteiger charge is 2.15. The molecule has 12 heavy (non-hydrogen) atoms. The van der Waals surface area contributed by atoms with Crippen LogP contribution < -0.4 is 11.1 Å². The van der Waals surface area contributed by atoms with Crippen LogP contribution in [0.25, 0.3) is 0 Å². The number of carboxylic acids is 1. The van der Waals surface area contributed by atoms with Crippen LogP contribution in [0.2, 0.25) is 0 Å². The van der Waals surface area contributed by atoms with E-state index in [1.807, 2.05) is 0 Å². The highest BCUT2D eigenvalue weighted by atomic mass is 32.1. The maximum atomic E-state index is 10.5. The van der Waals surface area contributed by atoms with Gasteiger partial charge in [-0.1, -0.05) is 12.2 Å². The van der Waals surface area contributed by atoms with E-state index in [0.717, 1.165) is 0 Å². The molecule has 0 spiro atoms. The molecule has 0 aromatic heterocycles. The number of thiol groups is 1. The van der Waals surface area contributed by atoms with Crippen molar-refractivity contribution in [3.05, 3.63) is 0 Å². The number of carbonyl (C=O) groups is 1. The molecule has 70 valence electrons. The second kappa shape index (κ2) is 6.22. The maximum absolute atomic E-state index is 10.5. The molecule has 0 aromatic rings. The van der Waals surface area contributed by atoms with Crippen LogP contribution in [-0.4, -0.2) is 28.0 Å². The molecule has 0 aromatic carbocycles. The molecule has 0 unspecified atom stereocenters. The van der Waals surface area contributed by atoms with E-state index in [4.69, 9.17) is 10.8 Å². The molecule has 0 aliphatic rings. The van der Waals surface area contributed by atoms with Crippen molar-refractivity contribution < 1.29 is 9.90 Å². The fraction of sp³-hybridized carbons (Fsp3) is 0.667. The molecule has 0 heterocycles. The Labute approximate surface area is 81.9 Å². The first-order valence-electron chi connectivity index (χ1n) is 3.50. The zero-order chi connectivity index (χ0) is 9.56. The lowest BCUT2D eigenvalue weighted by molar-refractivity contribution is -0.139. The van der Waals surface area contributed by atoms with Gasteiger partial charge in [0.15, 0.2) is 0 Å². The van der Waals surface area contributed by atoms with Gasteiger partial charge in [-0.15, -0.1) is 12.6 Å². The number of nitrogens with one attached hydrogen (secondary N) is 1. The summed E-state index contributed by atoms with van der Waals surface area (Å²) >= 11 is 8.38. The Morgan fingerprint density at radius 1 is 1.75 bits per heavy atom. The molecule has 0 fully saturated rings. The number of thiocarbonyl (C=S) groups is 1. The van der Waals surface area contributed by atoms with Crippen molar-refractivity contribution in [1.82, 2.24) is 5.32 Å². The SMILES string of the molecule is NCCC[C@H](NC(=S)S)C(=O)O. The quantitative estimate of drug-likeness (QED) is 0.377. The number of rotatable bonds is 5. The lowest BCUT2D eigenvalue weighted by Gasteiger charge is -2.12. The van der Waals surface area contributed by atoms with Crippen LogP contribution in [0, 0.1) is 0 Å². The standard InChI is InChI=1S/C6H12N2O2S2/c7-3-1-2-4(5(9)10)8-6(11)12/h4H,1-3,7H2,(H,9,10)(H2,8,11,12)/t4-/m0/s1. The van der Waals surface area contributed by atoms with Crippen LogP contribution in [-0.2, 0) is 4.79 Å². The van der Waals surface area contributed by atoms with E-state index >= 15 is 0 Å². The highest BCUT2D eigenvalue weighted by Crippen LogP contribution is 1.97. The summed E-state index contributed by atoms with van der Waals surface area (Å²) in [7, 11) is 0. The van der Waals surface area contributed by atoms with E-state index in [-0.39, 0.29) is 4.32 Å². The van der Waals surface area contributed by atoms with Gasteiger partial charge in [0.2, 0.25) is 0 Å². The predicted octanol–water partition coefficient (Wildman–Crippen LogP) is -0.0172. The van der Waals surface area contributed by atoms with Crippen molar-refractivity contribution in [2.45, 2.75) is 18.9 Å². The molecular weight excluding hydrogens is 196 g/mol. The summed E-state index contributed by atoms with van der Waals surface area (Å²) in [5.74, 6) is -0.931. The monoisotopic (exact) mass is 208 g/mol. The van der Waals surface area contributed by atoms with Crippen molar-refractivity contribution in [2.75, 3.05) is 6.54 Å². The number of hydrogen-bond acceptors (Lipinski definition) is 3. The van der Waals surface area contributed by atoms with Crippen LogP contribution in [0.15, 0.2) is 0 Å². The molecule has 6 heteroatoms. The molecule has 0 bridgehead atoms. The third-order valence-corrected chi connectivity index (χ3v) is 1.54. The first-order chi connectivity index (χ1) is 5.57. The zero-order valence-electron chi connectivity index (χ0n) is 6.49. The van der Waals surface area contributed by atoms with Crippen LogP contribution in [0.1, 0.15) is 12.8 Å². The van der Waals surface area contributed by atoms with Gasteiger partial charge in [0.1, 0.15) is 10.4 Å². The molecule has 0 saturated heterocycles. The van der Waals surface area contributed by atoms with Crippen molar-refractivity contribution in [1.29, 1.82) is 0 Å². The van der Waals surface area contributed by atoms with E-state index in [0.29, 0.717) is 19.4 Å². The minimum absolute atomic E-state index is 0.194. The summed E-state index contributed by atoms with van der Waals surface area (Å²) in [4.78, 5) is 10.5. The number of carboxylic acid groups (broad SMARTS) is 1. The summed E-state index contributed by atoms with van der Waals surface area (Å²) in [5, 5.41) is 11.2. The fourth-order valence-electron chi connectivity index (χ4n) is 0.728. The Bertz CT molecular complexity index is 175. The average Bonchev–Trinajstić information content (AvgIpc) is 1.96. The Kier molecular flexibility index (Phi) is 6.04. The largest absolute Gasteiger partial charge is 0.480 e. The summed E-state index contributed by atoms with van der Waals surface area (Å²) in [6.07, 6.45) is 1.12. The van der Waals surface area contributed by atoms with Crippen LogP contribution in [0.3, 0.4) is 0 Å². The minimum Gasteiger partial charge on any atom is -0.480 e. The maximum Gasteiger partial charge on any atom is 0.326 e. The van der Waals surface area contributed by atoms with Gasteiger partial charge < -0.3 is 16.2 Å². The van der Waals surface area contributed by atoms with E-state index in [1.165, 1.54) is 0 Å². The van der Waals surface area contributed by atoms with E-state index in [9.17, 15) is 4.79 Å². The summed E-state index contributed by atoms with van der Waals surface area (Å²) in [5.41, 5.74) is 5.24. The predicted molar refractivity (Wildman–Crippen MR) is 54.4 cm³/mol. The van der Waals surface area contributed by atoms with Gasteiger partial charge in [0, 0.05) is 0 Å². The van der Waals surface area contributed by atoms with Gasteiger partial charge in [-0.25, -0.2) is 4.79 Å². The molecule has 4 nitrogen and oxygen atoms in total. The number of aliphatic carboxylic acids is 1. The van der Waals surface area contributed by atoms with Gasteiger partial charge >= 0.3 is 5.97 Å². The van der Waals surface area contributed by atoms with Crippen LogP contribution >= 0.6 is 24.8 Å². The van der Waals surface area contributed by atoms with E-state index < -0.39 is 12.0 Å². The van der Waals surface area contributed by atoms with Crippen molar-refractivity contribution in [3.63, 3.8) is 0 Å². The Morgan fingerprint density at radius 3 is 2.67 bits per heavy atom. The molecular formula is C6H12N2O2S2. The normalized spacial score (nSPS) is 12.2. The number of nitrogens with two attached hydrogens (primary N) is 1. The second-order valence-electron chi connectivity index (χ2n) is 2.27. The molecule has 0 aliphatic carbocycles. The molecule has 0 saturated carbocycles. The molecule has 0 rings (SSSR count). The summed E-state index contributed by atoms with van der Waals surface area (Å²) in [6.45, 7) is 0.477. The van der Waals surface area contributed by atoms with E-state index in [1.54, 1.807) is 0 Å². The molecule has 1 atom stereocenters. The molecule has 4 N–H and O–H groups in total. The van der Waals surface area contributed by atoms with Gasteiger partial charge in [0.25, 0.3) is 0 Å². The van der Waals surface area contributed by atoms with Crippen molar-refractivity contribution >= 4 is 35.1 Å². The Balaban J connectivity index is 3.87. The zero-order valence-corrected chi connectivity index (χ0v) is 8.20. The fourth-order valence-corrected chi connectivity index (χ4v) is 1.03. The lowest BCUT2D eigenvalue weighted by atomic mass is 10.1. The Hall–Kier alpha value is -0.330. The summed E-state index contributed by atoms with van der Waals surface area (Å²) in [6, 6.07) is -0.668. The first-order valence-corrected chi connectivity index (χ1v) is 4.35. The van der Waals surface area contributed by atoms with Gasteiger partial charge in [-0.2, -0.15) is 0 Å². The smallest absolute Gasteiger partial charge is 0.326 e. The van der Waals surface area contributed by atoms with Gasteiger partial charge in [-0.05, 0) is 19.4 Å². The summed E-state index contributed by atoms with van der Waals surface area (Å²) < 4.78 is 0.194. The first kappa shape index (κ1) is 11.7. The van der Waals surface area contributed by atoms with Crippen molar-refractivity contribution in [3.8, 4) is 0 Å². The van der Waals surface area contributed by atoms with Crippen LogP contribution in [0.4, 0.5) is 0 Å². The molecule has 0 radical (unpaired) electrons. The molecule has 0 aliphatic heterocycles. The average molecular weight is 208 g/mol. The van der Waals surface area contributed by atoms with Gasteiger partial charge in [0.05, 0.1) is 0 Å². The number of hydrogen-bond donors (Lipinski definition) is 4. The van der Waals surface area contributed by atoms with Crippen molar-refractivity contribution in [2.24, 2.45) is 5.73 Å². The third kappa shape index (κ3) is 5.34. The minimum atomic E-state index is -0.931. The topological polar surface area (TPSA) is 75.3 Å². The highest BCUT2D eigenvalue weighted by molar-refractivity contribution is 8.11.